The number of hydrogen-bond acceptors (Lipinski definition) is 2. The number of carbonyl (C=O) groups excluding carboxylic acids is 1. The molecule has 27 heavy (non-hydrogen) atoms. The van der Waals surface area contributed by atoms with Gasteiger partial charge in [-0.2, -0.15) is 0 Å². The fourth-order valence-electron chi connectivity index (χ4n) is 5.52. The maximum absolute atomic E-state index is 12.4. The van der Waals surface area contributed by atoms with E-state index in [2.05, 4.69) is 40.1 Å². The van der Waals surface area contributed by atoms with E-state index in [1.54, 1.807) is 0 Å². The third kappa shape index (κ3) is 4.93. The van der Waals surface area contributed by atoms with Crippen LogP contribution in [0, 0.1) is 11.3 Å². The summed E-state index contributed by atoms with van der Waals surface area (Å²) < 4.78 is 0. The Labute approximate surface area is 165 Å². The molecule has 0 atom stereocenters. The summed E-state index contributed by atoms with van der Waals surface area (Å²) in [6, 6.07) is 10.9. The van der Waals surface area contributed by atoms with Crippen LogP contribution in [0.3, 0.4) is 0 Å². The van der Waals surface area contributed by atoms with Gasteiger partial charge in [0.15, 0.2) is 0 Å². The normalized spacial score (nSPS) is 23.8. The fourth-order valence-corrected chi connectivity index (χ4v) is 5.52. The number of piperidine rings is 1. The van der Waals surface area contributed by atoms with Crippen LogP contribution in [-0.2, 0) is 11.2 Å². The van der Waals surface area contributed by atoms with Crippen LogP contribution in [0.1, 0.15) is 63.4 Å². The second-order valence-electron chi connectivity index (χ2n) is 9.31. The van der Waals surface area contributed by atoms with E-state index in [0.717, 1.165) is 19.5 Å². The van der Waals surface area contributed by atoms with Crippen molar-refractivity contribution in [3.05, 3.63) is 35.9 Å². The lowest BCUT2D eigenvalue weighted by atomic mass is 9.65. The molecule has 1 aromatic rings. The minimum absolute atomic E-state index is 0.434. The standard InChI is InChI=1S/C24H36N2O/c27-23(26-15-4-5-16-26)20-22-8-11-24(12-9-22)13-18-25(19-14-24)17-10-21-6-2-1-3-7-21/h1-3,6-7,22H,4-5,8-20H2. The summed E-state index contributed by atoms with van der Waals surface area (Å²) >= 11 is 0. The van der Waals surface area contributed by atoms with Gasteiger partial charge in [-0.1, -0.05) is 30.3 Å². The van der Waals surface area contributed by atoms with Crippen LogP contribution in [0.2, 0.25) is 0 Å². The highest BCUT2D eigenvalue weighted by Gasteiger charge is 2.38. The molecule has 2 aliphatic heterocycles. The predicted octanol–water partition coefficient (Wildman–Crippen LogP) is 4.51. The van der Waals surface area contributed by atoms with Gasteiger partial charge in [0, 0.05) is 26.1 Å². The highest BCUT2D eigenvalue weighted by molar-refractivity contribution is 5.76. The van der Waals surface area contributed by atoms with Gasteiger partial charge in [-0.05, 0) is 87.8 Å². The number of nitrogens with zero attached hydrogens (tertiary/aromatic N) is 2. The molecule has 1 spiro atoms. The van der Waals surface area contributed by atoms with E-state index in [4.69, 9.17) is 0 Å². The van der Waals surface area contributed by atoms with Gasteiger partial charge < -0.3 is 9.80 Å². The van der Waals surface area contributed by atoms with Gasteiger partial charge in [0.2, 0.25) is 5.91 Å². The Morgan fingerprint density at radius 2 is 1.59 bits per heavy atom. The summed E-state index contributed by atoms with van der Waals surface area (Å²) in [5, 5.41) is 0. The van der Waals surface area contributed by atoms with Crippen molar-refractivity contribution in [2.75, 3.05) is 32.7 Å². The molecule has 2 saturated heterocycles. The number of likely N-dealkylation sites (tertiary alicyclic amines) is 2. The Kier molecular flexibility index (Phi) is 6.17. The van der Waals surface area contributed by atoms with Gasteiger partial charge >= 0.3 is 0 Å². The average Bonchev–Trinajstić information content (AvgIpc) is 3.25. The molecule has 3 nitrogen and oxygen atoms in total. The minimum atomic E-state index is 0.434. The molecule has 0 bridgehead atoms. The summed E-state index contributed by atoms with van der Waals surface area (Å²) in [6.45, 7) is 5.75. The van der Waals surface area contributed by atoms with Crippen molar-refractivity contribution in [2.45, 2.75) is 64.2 Å². The highest BCUT2D eigenvalue weighted by atomic mass is 16.2. The second-order valence-corrected chi connectivity index (χ2v) is 9.31. The lowest BCUT2D eigenvalue weighted by Gasteiger charge is -2.46. The molecule has 1 amide bonds. The first-order valence-electron chi connectivity index (χ1n) is 11.3. The number of amides is 1. The van der Waals surface area contributed by atoms with Gasteiger partial charge in [-0.25, -0.2) is 0 Å². The van der Waals surface area contributed by atoms with Crippen LogP contribution in [0.5, 0.6) is 0 Å². The summed E-state index contributed by atoms with van der Waals surface area (Å²) in [5.41, 5.74) is 2.05. The van der Waals surface area contributed by atoms with Crippen molar-refractivity contribution in [3.8, 4) is 0 Å². The molecular weight excluding hydrogens is 332 g/mol. The first-order valence-corrected chi connectivity index (χ1v) is 11.3. The third-order valence-corrected chi connectivity index (χ3v) is 7.56. The van der Waals surface area contributed by atoms with Crippen LogP contribution >= 0.6 is 0 Å². The SMILES string of the molecule is O=C(CC1CCC2(CC1)CCN(CCc1ccccc1)CC2)N1CCCC1. The van der Waals surface area contributed by atoms with E-state index in [0.29, 0.717) is 17.2 Å². The van der Waals surface area contributed by atoms with Gasteiger partial charge in [0.05, 0.1) is 0 Å². The first-order chi connectivity index (χ1) is 13.2. The quantitative estimate of drug-likeness (QED) is 0.763. The van der Waals surface area contributed by atoms with Crippen LogP contribution < -0.4 is 0 Å². The van der Waals surface area contributed by atoms with E-state index >= 15 is 0 Å². The van der Waals surface area contributed by atoms with E-state index in [1.807, 2.05) is 0 Å². The molecule has 2 heterocycles. The Morgan fingerprint density at radius 3 is 2.26 bits per heavy atom. The fraction of sp³-hybridized carbons (Fsp3) is 0.708. The molecule has 0 radical (unpaired) electrons. The minimum Gasteiger partial charge on any atom is -0.343 e. The Balaban J connectivity index is 1.18. The van der Waals surface area contributed by atoms with E-state index in [9.17, 15) is 4.79 Å². The summed E-state index contributed by atoms with van der Waals surface area (Å²) in [6.07, 6.45) is 12.4. The van der Waals surface area contributed by atoms with Crippen molar-refractivity contribution in [1.29, 1.82) is 0 Å². The third-order valence-electron chi connectivity index (χ3n) is 7.56. The molecule has 0 aromatic heterocycles. The maximum Gasteiger partial charge on any atom is 0.222 e. The van der Waals surface area contributed by atoms with E-state index in [1.165, 1.54) is 83.0 Å². The van der Waals surface area contributed by atoms with Crippen LogP contribution in [0.15, 0.2) is 30.3 Å². The molecule has 0 unspecified atom stereocenters. The number of rotatable bonds is 5. The first kappa shape index (κ1) is 19.0. The predicted molar refractivity (Wildman–Crippen MR) is 111 cm³/mol. The molecule has 148 valence electrons. The number of hydrogen-bond donors (Lipinski definition) is 0. The largest absolute Gasteiger partial charge is 0.343 e. The molecular formula is C24H36N2O. The summed E-state index contributed by atoms with van der Waals surface area (Å²) in [5.74, 6) is 1.09. The zero-order valence-electron chi connectivity index (χ0n) is 16.9. The molecule has 1 saturated carbocycles. The Hall–Kier alpha value is -1.35. The Morgan fingerprint density at radius 1 is 0.926 bits per heavy atom. The average molecular weight is 369 g/mol. The molecule has 4 rings (SSSR count). The summed E-state index contributed by atoms with van der Waals surface area (Å²) in [4.78, 5) is 17.2. The van der Waals surface area contributed by atoms with Gasteiger partial charge in [-0.3, -0.25) is 4.79 Å². The van der Waals surface area contributed by atoms with Crippen molar-refractivity contribution in [3.63, 3.8) is 0 Å². The maximum atomic E-state index is 12.4. The van der Waals surface area contributed by atoms with Crippen molar-refractivity contribution < 1.29 is 4.79 Å². The molecule has 3 fully saturated rings. The molecule has 3 aliphatic rings. The zero-order chi connectivity index (χ0) is 18.5. The molecule has 0 N–H and O–H groups in total. The lowest BCUT2D eigenvalue weighted by molar-refractivity contribution is -0.131. The van der Waals surface area contributed by atoms with Gasteiger partial charge in [0.1, 0.15) is 0 Å². The number of benzene rings is 1. The van der Waals surface area contributed by atoms with E-state index in [-0.39, 0.29) is 0 Å². The molecule has 1 aliphatic carbocycles. The van der Waals surface area contributed by atoms with Crippen molar-refractivity contribution in [1.82, 2.24) is 9.80 Å². The van der Waals surface area contributed by atoms with Crippen LogP contribution in [-0.4, -0.2) is 48.4 Å². The number of carbonyl (C=O) groups is 1. The van der Waals surface area contributed by atoms with E-state index < -0.39 is 0 Å². The van der Waals surface area contributed by atoms with Crippen molar-refractivity contribution >= 4 is 5.91 Å². The highest BCUT2D eigenvalue weighted by Crippen LogP contribution is 2.47. The van der Waals surface area contributed by atoms with Crippen LogP contribution in [0.4, 0.5) is 0 Å². The van der Waals surface area contributed by atoms with Crippen molar-refractivity contribution in [2.24, 2.45) is 11.3 Å². The summed E-state index contributed by atoms with van der Waals surface area (Å²) in [7, 11) is 0. The smallest absolute Gasteiger partial charge is 0.222 e. The molecule has 1 aromatic carbocycles. The zero-order valence-corrected chi connectivity index (χ0v) is 16.9. The second kappa shape index (κ2) is 8.77. The van der Waals surface area contributed by atoms with Gasteiger partial charge in [0.25, 0.3) is 0 Å². The molecule has 3 heteroatoms. The van der Waals surface area contributed by atoms with Gasteiger partial charge in [-0.15, -0.1) is 0 Å². The van der Waals surface area contributed by atoms with Crippen LogP contribution in [0.25, 0.3) is 0 Å². The Bertz CT molecular complexity index is 590. The topological polar surface area (TPSA) is 23.6 Å². The lowest BCUT2D eigenvalue weighted by Crippen LogP contribution is -2.43. The monoisotopic (exact) mass is 368 g/mol.